The number of hydrogen-bond acceptors (Lipinski definition) is 3. The number of ether oxygens (including phenoxy) is 1. The molecule has 0 aliphatic heterocycles. The van der Waals surface area contributed by atoms with E-state index in [4.69, 9.17) is 4.74 Å². The molecule has 4 heteroatoms. The lowest BCUT2D eigenvalue weighted by Gasteiger charge is -2.22. The number of benzene rings is 1. The van der Waals surface area contributed by atoms with E-state index in [-0.39, 0.29) is 11.8 Å². The highest BCUT2D eigenvalue weighted by Crippen LogP contribution is 2.21. The maximum Gasteiger partial charge on any atom is 0.351 e. The van der Waals surface area contributed by atoms with Gasteiger partial charge in [0.25, 0.3) is 0 Å². The Bertz CT molecular complexity index is 631. The molecule has 0 spiro atoms. The highest BCUT2D eigenvalue weighted by molar-refractivity contribution is 5.16. The fourth-order valence-electron chi connectivity index (χ4n) is 2.73. The molecule has 0 amide bonds. The van der Waals surface area contributed by atoms with Crippen LogP contribution >= 0.6 is 0 Å². The van der Waals surface area contributed by atoms with Crippen LogP contribution in [0.1, 0.15) is 37.7 Å². The van der Waals surface area contributed by atoms with E-state index in [0.717, 1.165) is 18.4 Å². The van der Waals surface area contributed by atoms with Gasteiger partial charge >= 0.3 is 5.69 Å². The quantitative estimate of drug-likeness (QED) is 0.867. The first-order valence-electron chi connectivity index (χ1n) is 7.59. The minimum absolute atomic E-state index is 0.218. The van der Waals surface area contributed by atoms with Crippen molar-refractivity contribution in [3.8, 4) is 5.88 Å². The molecule has 0 N–H and O–H groups in total. The third kappa shape index (κ3) is 3.72. The number of nitrogens with zero attached hydrogens (tertiary/aromatic N) is 2. The predicted octanol–water partition coefficient (Wildman–Crippen LogP) is 3.00. The molecule has 110 valence electrons. The van der Waals surface area contributed by atoms with Crippen LogP contribution in [-0.2, 0) is 6.54 Å². The van der Waals surface area contributed by atoms with Crippen molar-refractivity contribution in [2.45, 2.75) is 44.8 Å². The van der Waals surface area contributed by atoms with Gasteiger partial charge in [-0.05, 0) is 31.2 Å². The molecule has 1 aliphatic carbocycles. The second-order valence-corrected chi connectivity index (χ2v) is 5.54. The van der Waals surface area contributed by atoms with E-state index in [9.17, 15) is 4.79 Å². The van der Waals surface area contributed by atoms with Crippen LogP contribution in [0.15, 0.2) is 47.4 Å². The second kappa shape index (κ2) is 6.57. The van der Waals surface area contributed by atoms with E-state index in [2.05, 4.69) is 4.98 Å². The van der Waals surface area contributed by atoms with Gasteiger partial charge < -0.3 is 4.74 Å². The van der Waals surface area contributed by atoms with E-state index < -0.39 is 0 Å². The first-order chi connectivity index (χ1) is 10.3. The average molecular weight is 284 g/mol. The van der Waals surface area contributed by atoms with Gasteiger partial charge in [-0.3, -0.25) is 4.57 Å². The van der Waals surface area contributed by atoms with E-state index >= 15 is 0 Å². The van der Waals surface area contributed by atoms with Crippen LogP contribution in [0.4, 0.5) is 0 Å². The van der Waals surface area contributed by atoms with Gasteiger partial charge in [0, 0.05) is 12.3 Å². The van der Waals surface area contributed by atoms with Crippen molar-refractivity contribution in [1.29, 1.82) is 0 Å². The van der Waals surface area contributed by atoms with Crippen molar-refractivity contribution in [3.05, 3.63) is 58.6 Å². The molecule has 0 unspecified atom stereocenters. The van der Waals surface area contributed by atoms with Crippen LogP contribution in [0.5, 0.6) is 5.88 Å². The van der Waals surface area contributed by atoms with Crippen LogP contribution in [0.2, 0.25) is 0 Å². The van der Waals surface area contributed by atoms with Crippen LogP contribution in [0, 0.1) is 0 Å². The molecule has 1 aliphatic rings. The lowest BCUT2D eigenvalue weighted by Crippen LogP contribution is -2.26. The lowest BCUT2D eigenvalue weighted by atomic mass is 9.98. The fraction of sp³-hybridized carbons (Fsp3) is 0.412. The monoisotopic (exact) mass is 284 g/mol. The summed E-state index contributed by atoms with van der Waals surface area (Å²) in [5.41, 5.74) is 0.828. The molecular weight excluding hydrogens is 264 g/mol. The Labute approximate surface area is 124 Å². The first kappa shape index (κ1) is 13.9. The first-order valence-corrected chi connectivity index (χ1v) is 7.59. The zero-order chi connectivity index (χ0) is 14.5. The molecule has 1 aromatic heterocycles. The Balaban J connectivity index is 1.69. The van der Waals surface area contributed by atoms with E-state index in [1.54, 1.807) is 16.8 Å². The van der Waals surface area contributed by atoms with Crippen molar-refractivity contribution < 1.29 is 4.74 Å². The van der Waals surface area contributed by atoms with Gasteiger partial charge in [-0.25, -0.2) is 4.79 Å². The van der Waals surface area contributed by atoms with Crippen molar-refractivity contribution in [2.75, 3.05) is 0 Å². The summed E-state index contributed by atoms with van der Waals surface area (Å²) in [6, 6.07) is 11.7. The highest BCUT2D eigenvalue weighted by atomic mass is 16.5. The molecule has 1 fully saturated rings. The van der Waals surface area contributed by atoms with Gasteiger partial charge in [-0.1, -0.05) is 36.8 Å². The van der Waals surface area contributed by atoms with Crippen LogP contribution < -0.4 is 10.4 Å². The molecule has 4 nitrogen and oxygen atoms in total. The summed E-state index contributed by atoms with van der Waals surface area (Å²) in [6.45, 7) is 0.538. The van der Waals surface area contributed by atoms with Crippen LogP contribution in [0.25, 0.3) is 0 Å². The number of rotatable bonds is 4. The largest absolute Gasteiger partial charge is 0.474 e. The SMILES string of the molecule is O=c1nc(OC2CCCCC2)ccn1Cc1ccccc1. The Kier molecular flexibility index (Phi) is 4.34. The van der Waals surface area contributed by atoms with Gasteiger partial charge in [0.15, 0.2) is 0 Å². The standard InChI is InChI=1S/C17H20N2O2/c20-17-18-16(21-15-9-5-2-6-10-15)11-12-19(17)13-14-7-3-1-4-8-14/h1,3-4,7-8,11-12,15H,2,5-6,9-10,13H2. The molecule has 1 aromatic carbocycles. The molecule has 0 atom stereocenters. The van der Waals surface area contributed by atoms with Gasteiger partial charge in [-0.15, -0.1) is 0 Å². The van der Waals surface area contributed by atoms with Gasteiger partial charge in [0.2, 0.25) is 5.88 Å². The summed E-state index contributed by atoms with van der Waals surface area (Å²) in [5, 5.41) is 0. The summed E-state index contributed by atoms with van der Waals surface area (Å²) in [5.74, 6) is 0.455. The minimum atomic E-state index is -0.257. The van der Waals surface area contributed by atoms with E-state index in [1.165, 1.54) is 19.3 Å². The third-order valence-corrected chi connectivity index (χ3v) is 3.88. The predicted molar refractivity (Wildman–Crippen MR) is 81.5 cm³/mol. The molecular formula is C17H20N2O2. The summed E-state index contributed by atoms with van der Waals surface area (Å²) < 4.78 is 7.42. The zero-order valence-electron chi connectivity index (χ0n) is 12.1. The number of hydrogen-bond donors (Lipinski definition) is 0. The smallest absolute Gasteiger partial charge is 0.351 e. The fourth-order valence-corrected chi connectivity index (χ4v) is 2.73. The Morgan fingerprint density at radius 1 is 1.10 bits per heavy atom. The van der Waals surface area contributed by atoms with E-state index in [0.29, 0.717) is 12.4 Å². The maximum absolute atomic E-state index is 12.1. The summed E-state index contributed by atoms with van der Waals surface area (Å²) in [6.07, 6.45) is 7.80. The Morgan fingerprint density at radius 2 is 1.86 bits per heavy atom. The highest BCUT2D eigenvalue weighted by Gasteiger charge is 2.15. The molecule has 1 saturated carbocycles. The molecule has 0 radical (unpaired) electrons. The normalized spacial score (nSPS) is 15.8. The van der Waals surface area contributed by atoms with Crippen molar-refractivity contribution >= 4 is 0 Å². The van der Waals surface area contributed by atoms with Crippen LogP contribution in [-0.4, -0.2) is 15.7 Å². The molecule has 21 heavy (non-hydrogen) atoms. The summed E-state index contributed by atoms with van der Waals surface area (Å²) >= 11 is 0. The Hall–Kier alpha value is -2.10. The van der Waals surface area contributed by atoms with E-state index in [1.807, 2.05) is 30.3 Å². The zero-order valence-corrected chi connectivity index (χ0v) is 12.1. The lowest BCUT2D eigenvalue weighted by molar-refractivity contribution is 0.147. The van der Waals surface area contributed by atoms with Gasteiger partial charge in [0.1, 0.15) is 6.10 Å². The molecule has 1 heterocycles. The maximum atomic E-state index is 12.1. The topological polar surface area (TPSA) is 44.1 Å². The molecule has 2 aromatic rings. The molecule has 0 bridgehead atoms. The summed E-state index contributed by atoms with van der Waals surface area (Å²) in [4.78, 5) is 16.1. The van der Waals surface area contributed by atoms with Crippen LogP contribution in [0.3, 0.4) is 0 Å². The minimum Gasteiger partial charge on any atom is -0.474 e. The second-order valence-electron chi connectivity index (χ2n) is 5.54. The van der Waals surface area contributed by atoms with Gasteiger partial charge in [0.05, 0.1) is 6.54 Å². The number of aromatic nitrogens is 2. The molecule has 0 saturated heterocycles. The van der Waals surface area contributed by atoms with Crippen molar-refractivity contribution in [1.82, 2.24) is 9.55 Å². The van der Waals surface area contributed by atoms with Crippen molar-refractivity contribution in [3.63, 3.8) is 0 Å². The third-order valence-electron chi connectivity index (χ3n) is 3.88. The summed E-state index contributed by atoms with van der Waals surface area (Å²) in [7, 11) is 0. The average Bonchev–Trinajstić information content (AvgIpc) is 2.52. The van der Waals surface area contributed by atoms with Gasteiger partial charge in [-0.2, -0.15) is 4.98 Å². The molecule has 3 rings (SSSR count). The Morgan fingerprint density at radius 3 is 2.57 bits per heavy atom. The van der Waals surface area contributed by atoms with Crippen molar-refractivity contribution in [2.24, 2.45) is 0 Å².